The molecule has 3 aromatic rings. The van der Waals surface area contributed by atoms with Gasteiger partial charge in [0.25, 0.3) is 5.56 Å². The molecular weight excluding hydrogens is 388 g/mol. The van der Waals surface area contributed by atoms with E-state index in [0.717, 1.165) is 40.4 Å². The number of hydrogen-bond donors (Lipinski definition) is 0. The summed E-state index contributed by atoms with van der Waals surface area (Å²) in [6.45, 7) is 9.21. The highest BCUT2D eigenvalue weighted by atomic mass is 32.2. The fourth-order valence-corrected chi connectivity index (χ4v) is 6.62. The van der Waals surface area contributed by atoms with E-state index >= 15 is 0 Å². The molecule has 28 heavy (non-hydrogen) atoms. The highest BCUT2D eigenvalue weighted by molar-refractivity contribution is 7.99. The number of aryl methyl sites for hydroxylation is 2. The van der Waals surface area contributed by atoms with Crippen molar-refractivity contribution >= 4 is 39.1 Å². The van der Waals surface area contributed by atoms with Gasteiger partial charge in [0.1, 0.15) is 4.83 Å². The zero-order valence-electron chi connectivity index (χ0n) is 17.5. The third kappa shape index (κ3) is 3.30. The Balaban J connectivity index is 1.84. The molecule has 0 bridgehead atoms. The highest BCUT2D eigenvalue weighted by Gasteiger charge is 2.32. The van der Waals surface area contributed by atoms with Gasteiger partial charge < -0.3 is 0 Å². The Morgan fingerprint density at radius 1 is 1.25 bits per heavy atom. The molecule has 0 saturated heterocycles. The second-order valence-electron chi connectivity index (χ2n) is 9.03. The lowest BCUT2D eigenvalue weighted by molar-refractivity contribution is 0.218. The fraction of sp³-hybridized carbons (Fsp3) is 0.667. The molecule has 1 atom stereocenters. The SMILES string of the molecule is CCCCCSc1nnc2n(C)c(=O)c3c4c(sc3n12)C[C@H](C(C)(C)C)CC4. The zero-order valence-corrected chi connectivity index (χ0v) is 19.2. The van der Waals surface area contributed by atoms with Crippen molar-refractivity contribution in [2.75, 3.05) is 5.75 Å². The molecule has 0 radical (unpaired) electrons. The van der Waals surface area contributed by atoms with Crippen molar-refractivity contribution in [1.29, 1.82) is 0 Å². The van der Waals surface area contributed by atoms with Gasteiger partial charge in [0.15, 0.2) is 5.16 Å². The summed E-state index contributed by atoms with van der Waals surface area (Å²) in [7, 11) is 1.82. The first-order valence-electron chi connectivity index (χ1n) is 10.3. The van der Waals surface area contributed by atoms with Crippen molar-refractivity contribution in [3.63, 3.8) is 0 Å². The van der Waals surface area contributed by atoms with E-state index in [-0.39, 0.29) is 5.56 Å². The normalized spacial score (nSPS) is 17.5. The molecule has 5 nitrogen and oxygen atoms in total. The predicted octanol–water partition coefficient (Wildman–Crippen LogP) is 5.08. The average molecular weight is 419 g/mol. The fourth-order valence-electron chi connectivity index (χ4n) is 4.21. The van der Waals surface area contributed by atoms with Crippen LogP contribution in [0.4, 0.5) is 0 Å². The number of hydrogen-bond acceptors (Lipinski definition) is 5. The van der Waals surface area contributed by atoms with Crippen LogP contribution in [0.1, 0.15) is 63.8 Å². The molecule has 3 aromatic heterocycles. The molecule has 0 N–H and O–H groups in total. The number of rotatable bonds is 5. The smallest absolute Gasteiger partial charge is 0.263 e. The maximum atomic E-state index is 13.1. The van der Waals surface area contributed by atoms with E-state index in [4.69, 9.17) is 0 Å². The number of thioether (sulfide) groups is 1. The van der Waals surface area contributed by atoms with Crippen molar-refractivity contribution in [2.45, 2.75) is 71.4 Å². The van der Waals surface area contributed by atoms with E-state index < -0.39 is 0 Å². The summed E-state index contributed by atoms with van der Waals surface area (Å²) >= 11 is 3.55. The summed E-state index contributed by atoms with van der Waals surface area (Å²) in [6.07, 6.45) is 6.86. The Kier molecular flexibility index (Phi) is 5.33. The Morgan fingerprint density at radius 2 is 2.04 bits per heavy atom. The number of unbranched alkanes of at least 4 members (excludes halogenated alkanes) is 2. The minimum absolute atomic E-state index is 0.0733. The molecule has 0 saturated carbocycles. The number of thiophene rings is 1. The molecular formula is C21H30N4OS2. The predicted molar refractivity (Wildman–Crippen MR) is 119 cm³/mol. The standard InChI is InChI=1S/C21H30N4OS2/c1-6-7-8-11-27-20-23-22-19-24(5)17(26)16-14-10-9-13(21(2,3)4)12-15(14)28-18(16)25(19)20/h13H,6-12H2,1-5H3/t13-/m1/s1. The van der Waals surface area contributed by atoms with Gasteiger partial charge in [0.05, 0.1) is 5.39 Å². The molecule has 0 spiro atoms. The van der Waals surface area contributed by atoms with Crippen LogP contribution in [0, 0.1) is 11.3 Å². The van der Waals surface area contributed by atoms with Crippen LogP contribution in [0.25, 0.3) is 16.0 Å². The Hall–Kier alpha value is -1.34. The van der Waals surface area contributed by atoms with Crippen LogP contribution in [-0.2, 0) is 19.9 Å². The van der Waals surface area contributed by atoms with Gasteiger partial charge in [0.2, 0.25) is 5.78 Å². The lowest BCUT2D eigenvalue weighted by Gasteiger charge is -2.33. The second-order valence-corrected chi connectivity index (χ2v) is 11.2. The lowest BCUT2D eigenvalue weighted by atomic mass is 9.72. The maximum Gasteiger partial charge on any atom is 0.263 e. The van der Waals surface area contributed by atoms with Crippen LogP contribution in [0.5, 0.6) is 0 Å². The van der Waals surface area contributed by atoms with E-state index in [0.29, 0.717) is 17.1 Å². The first kappa shape index (κ1) is 20.0. The quantitative estimate of drug-likeness (QED) is 0.428. The molecule has 7 heteroatoms. The minimum atomic E-state index is 0.0733. The summed E-state index contributed by atoms with van der Waals surface area (Å²) in [6, 6.07) is 0. The molecule has 0 unspecified atom stereocenters. The Bertz CT molecular complexity index is 1070. The van der Waals surface area contributed by atoms with Crippen molar-refractivity contribution in [3.8, 4) is 0 Å². The van der Waals surface area contributed by atoms with E-state index in [1.165, 1.54) is 29.7 Å². The van der Waals surface area contributed by atoms with Gasteiger partial charge in [-0.05, 0) is 42.6 Å². The summed E-state index contributed by atoms with van der Waals surface area (Å²) in [4.78, 5) is 15.6. The number of fused-ring (bicyclic) bond motifs is 5. The van der Waals surface area contributed by atoms with Gasteiger partial charge in [-0.1, -0.05) is 52.3 Å². The lowest BCUT2D eigenvalue weighted by Crippen LogP contribution is -2.27. The van der Waals surface area contributed by atoms with Gasteiger partial charge >= 0.3 is 0 Å². The van der Waals surface area contributed by atoms with E-state index in [1.54, 1.807) is 27.7 Å². The molecule has 3 heterocycles. The van der Waals surface area contributed by atoms with Gasteiger partial charge in [-0.3, -0.25) is 9.36 Å². The minimum Gasteiger partial charge on any atom is -0.279 e. The first-order valence-corrected chi connectivity index (χ1v) is 12.1. The zero-order chi connectivity index (χ0) is 20.1. The first-order chi connectivity index (χ1) is 13.3. The molecule has 152 valence electrons. The molecule has 4 rings (SSSR count). The number of nitrogens with zero attached hydrogens (tertiary/aromatic N) is 4. The van der Waals surface area contributed by atoms with Crippen molar-refractivity contribution < 1.29 is 0 Å². The van der Waals surface area contributed by atoms with Gasteiger partial charge in [-0.25, -0.2) is 4.40 Å². The molecule has 0 aliphatic heterocycles. The van der Waals surface area contributed by atoms with Crippen LogP contribution in [0.15, 0.2) is 9.95 Å². The average Bonchev–Trinajstić information content (AvgIpc) is 3.23. The van der Waals surface area contributed by atoms with Crippen LogP contribution >= 0.6 is 23.1 Å². The summed E-state index contributed by atoms with van der Waals surface area (Å²) in [5.41, 5.74) is 1.65. The molecule has 1 aliphatic carbocycles. The van der Waals surface area contributed by atoms with Crippen molar-refractivity contribution in [3.05, 3.63) is 20.8 Å². The topological polar surface area (TPSA) is 52.2 Å². The molecule has 0 amide bonds. The van der Waals surface area contributed by atoms with Crippen LogP contribution < -0.4 is 5.56 Å². The Labute approximate surface area is 174 Å². The maximum absolute atomic E-state index is 13.1. The molecule has 0 fully saturated rings. The van der Waals surface area contributed by atoms with Gasteiger partial charge in [0, 0.05) is 17.7 Å². The number of aromatic nitrogens is 4. The van der Waals surface area contributed by atoms with Crippen molar-refractivity contribution in [1.82, 2.24) is 19.2 Å². The summed E-state index contributed by atoms with van der Waals surface area (Å²) < 4.78 is 3.80. The van der Waals surface area contributed by atoms with Crippen LogP contribution in [0.2, 0.25) is 0 Å². The van der Waals surface area contributed by atoms with E-state index in [2.05, 4.69) is 42.3 Å². The van der Waals surface area contributed by atoms with Crippen LogP contribution in [0.3, 0.4) is 0 Å². The second kappa shape index (κ2) is 7.48. The van der Waals surface area contributed by atoms with E-state index in [1.807, 2.05) is 7.05 Å². The van der Waals surface area contributed by atoms with E-state index in [9.17, 15) is 4.79 Å². The van der Waals surface area contributed by atoms with Gasteiger partial charge in [-0.2, -0.15) is 0 Å². The third-order valence-corrected chi connectivity index (χ3v) is 8.34. The molecule has 1 aliphatic rings. The van der Waals surface area contributed by atoms with Gasteiger partial charge in [-0.15, -0.1) is 21.5 Å². The summed E-state index contributed by atoms with van der Waals surface area (Å²) in [5.74, 6) is 2.36. The Morgan fingerprint density at radius 3 is 2.75 bits per heavy atom. The van der Waals surface area contributed by atoms with Crippen LogP contribution in [-0.4, -0.2) is 24.9 Å². The third-order valence-electron chi connectivity index (χ3n) is 6.09. The monoisotopic (exact) mass is 418 g/mol. The summed E-state index contributed by atoms with van der Waals surface area (Å²) in [5, 5.41) is 10.6. The largest absolute Gasteiger partial charge is 0.279 e. The van der Waals surface area contributed by atoms with Crippen molar-refractivity contribution in [2.24, 2.45) is 18.4 Å². The highest BCUT2D eigenvalue weighted by Crippen LogP contribution is 2.43. The molecule has 0 aromatic carbocycles.